The summed E-state index contributed by atoms with van der Waals surface area (Å²) >= 11 is 0. The zero-order valence-corrected chi connectivity index (χ0v) is 13.8. The smallest absolute Gasteiger partial charge is 0.222 e. The zero-order valence-electron chi connectivity index (χ0n) is 13.8. The Morgan fingerprint density at radius 3 is 2.50 bits per heavy atom. The van der Waals surface area contributed by atoms with E-state index >= 15 is 0 Å². The predicted octanol–water partition coefficient (Wildman–Crippen LogP) is 2.08. The third-order valence-corrected chi connectivity index (χ3v) is 4.71. The zero-order chi connectivity index (χ0) is 15.2. The molecule has 4 heteroatoms. The van der Waals surface area contributed by atoms with Crippen LogP contribution in [0.4, 0.5) is 0 Å². The molecule has 1 unspecified atom stereocenters. The predicted molar refractivity (Wildman–Crippen MR) is 84.6 cm³/mol. The average Bonchev–Trinajstić information content (AvgIpc) is 2.39. The number of nitrogens with zero attached hydrogens (tertiary/aromatic N) is 2. The number of amides is 1. The first-order valence-corrected chi connectivity index (χ1v) is 8.09. The number of rotatable bonds is 7. The minimum Gasteiger partial charge on any atom is -0.340 e. The van der Waals surface area contributed by atoms with Crippen molar-refractivity contribution >= 4 is 5.91 Å². The van der Waals surface area contributed by atoms with Gasteiger partial charge in [-0.05, 0) is 46.2 Å². The quantitative estimate of drug-likeness (QED) is 0.778. The molecule has 0 aromatic rings. The molecule has 0 aromatic heterocycles. The molecule has 0 spiro atoms. The van der Waals surface area contributed by atoms with Crippen molar-refractivity contribution in [2.24, 2.45) is 11.7 Å². The molecule has 1 saturated heterocycles. The number of hydrogen-bond acceptors (Lipinski definition) is 3. The Kier molecular flexibility index (Phi) is 6.96. The van der Waals surface area contributed by atoms with Crippen LogP contribution in [0.5, 0.6) is 0 Å². The van der Waals surface area contributed by atoms with Crippen molar-refractivity contribution in [3.05, 3.63) is 0 Å². The molecule has 2 N–H and O–H groups in total. The van der Waals surface area contributed by atoms with Gasteiger partial charge < -0.3 is 10.6 Å². The molecule has 118 valence electrons. The summed E-state index contributed by atoms with van der Waals surface area (Å²) in [4.78, 5) is 16.8. The largest absolute Gasteiger partial charge is 0.340 e. The third-order valence-electron chi connectivity index (χ3n) is 4.71. The van der Waals surface area contributed by atoms with E-state index in [1.54, 1.807) is 0 Å². The van der Waals surface area contributed by atoms with E-state index in [1.165, 1.54) is 12.8 Å². The van der Waals surface area contributed by atoms with Gasteiger partial charge in [-0.25, -0.2) is 0 Å². The van der Waals surface area contributed by atoms with E-state index in [0.717, 1.165) is 39.0 Å². The molecule has 0 aliphatic carbocycles. The third kappa shape index (κ3) is 5.06. The Balaban J connectivity index is 2.42. The summed E-state index contributed by atoms with van der Waals surface area (Å²) in [6.45, 7) is 10.0. The van der Waals surface area contributed by atoms with Crippen LogP contribution in [-0.2, 0) is 4.79 Å². The molecule has 1 rings (SSSR count). The summed E-state index contributed by atoms with van der Waals surface area (Å²) in [6, 6.07) is 0. The Morgan fingerprint density at radius 1 is 1.25 bits per heavy atom. The summed E-state index contributed by atoms with van der Waals surface area (Å²) in [7, 11) is 2.14. The molecular formula is C16H33N3O. The lowest BCUT2D eigenvalue weighted by Gasteiger charge is -2.45. The molecule has 1 fully saturated rings. The summed E-state index contributed by atoms with van der Waals surface area (Å²) in [5, 5.41) is 0. The lowest BCUT2D eigenvalue weighted by Crippen LogP contribution is -2.58. The highest BCUT2D eigenvalue weighted by Gasteiger charge is 2.32. The van der Waals surface area contributed by atoms with Crippen LogP contribution in [0.15, 0.2) is 0 Å². The molecule has 1 heterocycles. The van der Waals surface area contributed by atoms with Crippen molar-refractivity contribution < 1.29 is 4.79 Å². The van der Waals surface area contributed by atoms with E-state index in [-0.39, 0.29) is 5.54 Å². The number of nitrogens with two attached hydrogens (primary N) is 1. The van der Waals surface area contributed by atoms with E-state index in [0.29, 0.717) is 18.2 Å². The second-order valence-electron chi connectivity index (χ2n) is 6.82. The van der Waals surface area contributed by atoms with Gasteiger partial charge in [-0.1, -0.05) is 19.8 Å². The molecule has 0 bridgehead atoms. The molecule has 1 atom stereocenters. The fourth-order valence-corrected chi connectivity index (χ4v) is 3.02. The number of carbonyl (C=O) groups is 1. The van der Waals surface area contributed by atoms with Crippen molar-refractivity contribution in [1.82, 2.24) is 9.80 Å². The van der Waals surface area contributed by atoms with Crippen LogP contribution in [0.1, 0.15) is 52.9 Å². The van der Waals surface area contributed by atoms with Gasteiger partial charge in [0, 0.05) is 31.6 Å². The van der Waals surface area contributed by atoms with Crippen LogP contribution in [0.3, 0.4) is 0 Å². The molecule has 1 aliphatic heterocycles. The Labute approximate surface area is 124 Å². The first-order chi connectivity index (χ1) is 9.40. The maximum Gasteiger partial charge on any atom is 0.222 e. The monoisotopic (exact) mass is 283 g/mol. The molecule has 0 saturated carbocycles. The number of piperazine rings is 1. The van der Waals surface area contributed by atoms with Crippen molar-refractivity contribution in [1.29, 1.82) is 0 Å². The standard InChI is InChI=1S/C16H33N3O/c1-5-6-14(9-10-17)7-8-15(20)19-12-11-18(4)16(2,3)13-19/h14H,5-13,17H2,1-4H3. The number of likely N-dealkylation sites (N-methyl/N-ethyl adjacent to an activating group) is 1. The van der Waals surface area contributed by atoms with Gasteiger partial charge in [-0.3, -0.25) is 9.69 Å². The van der Waals surface area contributed by atoms with Crippen molar-refractivity contribution in [2.45, 2.75) is 58.4 Å². The van der Waals surface area contributed by atoms with Gasteiger partial charge in [0.25, 0.3) is 0 Å². The first-order valence-electron chi connectivity index (χ1n) is 8.09. The molecule has 1 amide bonds. The minimum absolute atomic E-state index is 0.0913. The van der Waals surface area contributed by atoms with Gasteiger partial charge >= 0.3 is 0 Å². The maximum absolute atomic E-state index is 12.4. The highest BCUT2D eigenvalue weighted by molar-refractivity contribution is 5.76. The minimum atomic E-state index is 0.0913. The van der Waals surface area contributed by atoms with E-state index < -0.39 is 0 Å². The normalized spacial score (nSPS) is 20.9. The maximum atomic E-state index is 12.4. The van der Waals surface area contributed by atoms with Gasteiger partial charge in [0.05, 0.1) is 0 Å². The highest BCUT2D eigenvalue weighted by atomic mass is 16.2. The number of carbonyl (C=O) groups excluding carboxylic acids is 1. The average molecular weight is 283 g/mol. The van der Waals surface area contributed by atoms with Gasteiger partial charge in [0.15, 0.2) is 0 Å². The van der Waals surface area contributed by atoms with Crippen LogP contribution in [0.2, 0.25) is 0 Å². The van der Waals surface area contributed by atoms with Crippen LogP contribution < -0.4 is 5.73 Å². The van der Waals surface area contributed by atoms with Crippen molar-refractivity contribution in [3.63, 3.8) is 0 Å². The Morgan fingerprint density at radius 2 is 1.95 bits per heavy atom. The molecule has 4 nitrogen and oxygen atoms in total. The second-order valence-corrected chi connectivity index (χ2v) is 6.82. The fraction of sp³-hybridized carbons (Fsp3) is 0.938. The molecule has 1 aliphatic rings. The summed E-state index contributed by atoms with van der Waals surface area (Å²) in [6.07, 6.45) is 5.11. The van der Waals surface area contributed by atoms with E-state index in [1.807, 2.05) is 4.90 Å². The summed E-state index contributed by atoms with van der Waals surface area (Å²) < 4.78 is 0. The van der Waals surface area contributed by atoms with Gasteiger partial charge in [0.1, 0.15) is 0 Å². The highest BCUT2D eigenvalue weighted by Crippen LogP contribution is 2.22. The van der Waals surface area contributed by atoms with E-state index in [4.69, 9.17) is 5.73 Å². The van der Waals surface area contributed by atoms with Crippen LogP contribution in [-0.4, -0.2) is 54.5 Å². The Bertz CT molecular complexity index is 298. The van der Waals surface area contributed by atoms with Crippen LogP contribution in [0, 0.1) is 5.92 Å². The van der Waals surface area contributed by atoms with Gasteiger partial charge in [-0.2, -0.15) is 0 Å². The van der Waals surface area contributed by atoms with Crippen molar-refractivity contribution in [2.75, 3.05) is 33.2 Å². The number of hydrogen-bond donors (Lipinski definition) is 1. The second kappa shape index (κ2) is 7.99. The van der Waals surface area contributed by atoms with E-state index in [2.05, 4.69) is 32.7 Å². The van der Waals surface area contributed by atoms with Crippen LogP contribution in [0.25, 0.3) is 0 Å². The first kappa shape index (κ1) is 17.4. The fourth-order valence-electron chi connectivity index (χ4n) is 3.02. The Hall–Kier alpha value is -0.610. The SMILES string of the molecule is CCCC(CCN)CCC(=O)N1CCN(C)C(C)(C)C1. The van der Waals surface area contributed by atoms with Gasteiger partial charge in [-0.15, -0.1) is 0 Å². The topological polar surface area (TPSA) is 49.6 Å². The lowest BCUT2D eigenvalue weighted by atomic mass is 9.93. The molecule has 0 radical (unpaired) electrons. The molecular weight excluding hydrogens is 250 g/mol. The van der Waals surface area contributed by atoms with Crippen LogP contribution >= 0.6 is 0 Å². The molecule has 20 heavy (non-hydrogen) atoms. The van der Waals surface area contributed by atoms with E-state index in [9.17, 15) is 4.79 Å². The summed E-state index contributed by atoms with van der Waals surface area (Å²) in [5.74, 6) is 0.943. The summed E-state index contributed by atoms with van der Waals surface area (Å²) in [5.41, 5.74) is 5.75. The molecule has 0 aromatic carbocycles. The lowest BCUT2D eigenvalue weighted by molar-refractivity contribution is -0.136. The van der Waals surface area contributed by atoms with Crippen molar-refractivity contribution in [3.8, 4) is 0 Å². The van der Waals surface area contributed by atoms with Gasteiger partial charge in [0.2, 0.25) is 5.91 Å².